The van der Waals surface area contributed by atoms with Gasteiger partial charge in [0.05, 0.1) is 25.4 Å². The molecule has 0 radical (unpaired) electrons. The number of hydrogen-bond acceptors (Lipinski definition) is 6. The van der Waals surface area contributed by atoms with Crippen LogP contribution in [0.4, 0.5) is 5.69 Å². The Morgan fingerprint density at radius 2 is 2.04 bits per heavy atom. The molecule has 1 fully saturated rings. The number of pyridine rings is 2. The highest BCUT2D eigenvalue weighted by atomic mass is 16.5. The SMILES string of the molecule is COc1ccc2ncc3c(c2n1)OC([C@H]1CC[C@H](N)CC1)CN3C. The zero-order chi connectivity index (χ0) is 16.7. The van der Waals surface area contributed by atoms with Gasteiger partial charge in [-0.3, -0.25) is 4.98 Å². The molecule has 24 heavy (non-hydrogen) atoms. The number of methoxy groups -OCH3 is 1. The maximum atomic E-state index is 6.45. The lowest BCUT2D eigenvalue weighted by Gasteiger charge is -2.39. The van der Waals surface area contributed by atoms with Crippen molar-refractivity contribution in [2.24, 2.45) is 11.7 Å². The molecular weight excluding hydrogens is 304 g/mol. The van der Waals surface area contributed by atoms with E-state index < -0.39 is 0 Å². The van der Waals surface area contributed by atoms with Crippen molar-refractivity contribution < 1.29 is 9.47 Å². The Morgan fingerprint density at radius 1 is 1.25 bits per heavy atom. The fraction of sp³-hybridized carbons (Fsp3) is 0.556. The van der Waals surface area contributed by atoms with E-state index in [9.17, 15) is 0 Å². The average Bonchev–Trinajstić information content (AvgIpc) is 2.61. The Labute approximate surface area is 142 Å². The van der Waals surface area contributed by atoms with Crippen LogP contribution < -0.4 is 20.1 Å². The van der Waals surface area contributed by atoms with Gasteiger partial charge in [0.1, 0.15) is 17.3 Å². The topological polar surface area (TPSA) is 73.5 Å². The van der Waals surface area contributed by atoms with E-state index in [4.69, 9.17) is 15.2 Å². The van der Waals surface area contributed by atoms with Gasteiger partial charge in [-0.15, -0.1) is 0 Å². The van der Waals surface area contributed by atoms with Gasteiger partial charge >= 0.3 is 0 Å². The first-order valence-electron chi connectivity index (χ1n) is 8.63. The molecule has 1 unspecified atom stereocenters. The van der Waals surface area contributed by atoms with Crippen LogP contribution >= 0.6 is 0 Å². The van der Waals surface area contributed by atoms with Crippen molar-refractivity contribution >= 4 is 16.7 Å². The minimum absolute atomic E-state index is 0.175. The minimum Gasteiger partial charge on any atom is -0.484 e. The van der Waals surface area contributed by atoms with E-state index in [1.54, 1.807) is 7.11 Å². The van der Waals surface area contributed by atoms with E-state index in [1.165, 1.54) is 0 Å². The van der Waals surface area contributed by atoms with Gasteiger partial charge in [0, 0.05) is 19.2 Å². The highest BCUT2D eigenvalue weighted by Gasteiger charge is 2.34. The molecule has 2 N–H and O–H groups in total. The summed E-state index contributed by atoms with van der Waals surface area (Å²) in [5.41, 5.74) is 8.65. The third-order valence-corrected chi connectivity index (χ3v) is 5.31. The summed E-state index contributed by atoms with van der Waals surface area (Å²) < 4.78 is 11.7. The second-order valence-electron chi connectivity index (χ2n) is 6.91. The van der Waals surface area contributed by atoms with Gasteiger partial charge in [-0.25, -0.2) is 4.98 Å². The van der Waals surface area contributed by atoms with Gasteiger partial charge in [0.15, 0.2) is 5.75 Å². The molecule has 1 atom stereocenters. The second kappa shape index (κ2) is 6.09. The maximum Gasteiger partial charge on any atom is 0.213 e. The molecular formula is C18H24N4O2. The van der Waals surface area contributed by atoms with Gasteiger partial charge in [-0.05, 0) is 37.7 Å². The van der Waals surface area contributed by atoms with Crippen LogP contribution in [0.5, 0.6) is 11.6 Å². The summed E-state index contributed by atoms with van der Waals surface area (Å²) in [6, 6.07) is 4.10. The molecule has 1 aliphatic carbocycles. The third-order valence-electron chi connectivity index (χ3n) is 5.31. The van der Waals surface area contributed by atoms with Crippen LogP contribution in [0.15, 0.2) is 18.3 Å². The monoisotopic (exact) mass is 328 g/mol. The third kappa shape index (κ3) is 2.65. The minimum atomic E-state index is 0.175. The molecule has 0 aromatic carbocycles. The highest BCUT2D eigenvalue weighted by molar-refractivity contribution is 5.87. The zero-order valence-corrected chi connectivity index (χ0v) is 14.2. The number of ether oxygens (including phenoxy) is 2. The standard InChI is InChI=1S/C18H24N4O2/c1-22-10-15(11-3-5-12(19)6-4-11)24-18-14(22)9-20-13-7-8-16(23-2)21-17(13)18/h7-9,11-12,15H,3-6,10,19H2,1-2H3/t11-,12-,15?. The number of rotatable bonds is 2. The molecule has 3 heterocycles. The number of aromatic nitrogens is 2. The van der Waals surface area contributed by atoms with Crippen molar-refractivity contribution in [2.45, 2.75) is 37.8 Å². The smallest absolute Gasteiger partial charge is 0.213 e. The van der Waals surface area contributed by atoms with E-state index in [0.29, 0.717) is 17.8 Å². The number of nitrogens with zero attached hydrogens (tertiary/aromatic N) is 3. The van der Waals surface area contributed by atoms with Gasteiger partial charge in [-0.1, -0.05) is 0 Å². The van der Waals surface area contributed by atoms with Gasteiger partial charge in [0.2, 0.25) is 5.88 Å². The maximum absolute atomic E-state index is 6.45. The number of hydrogen-bond donors (Lipinski definition) is 1. The molecule has 0 bridgehead atoms. The molecule has 2 aromatic heterocycles. The Hall–Kier alpha value is -2.08. The lowest BCUT2D eigenvalue weighted by Crippen LogP contribution is -2.44. The molecule has 6 nitrogen and oxygen atoms in total. The zero-order valence-electron chi connectivity index (χ0n) is 14.2. The molecule has 1 saturated carbocycles. The molecule has 128 valence electrons. The van der Waals surface area contributed by atoms with Gasteiger partial charge in [0.25, 0.3) is 0 Å². The average molecular weight is 328 g/mol. The molecule has 1 aliphatic heterocycles. The van der Waals surface area contributed by atoms with Crippen molar-refractivity contribution in [3.05, 3.63) is 18.3 Å². The molecule has 2 aliphatic rings. The van der Waals surface area contributed by atoms with Crippen LogP contribution in [0.2, 0.25) is 0 Å². The highest BCUT2D eigenvalue weighted by Crippen LogP contribution is 2.40. The van der Waals surface area contributed by atoms with E-state index >= 15 is 0 Å². The molecule has 0 amide bonds. The van der Waals surface area contributed by atoms with Crippen molar-refractivity contribution in [2.75, 3.05) is 25.6 Å². The molecule has 0 saturated heterocycles. The molecule has 6 heteroatoms. The molecule has 0 spiro atoms. The first-order chi connectivity index (χ1) is 11.7. The number of anilines is 1. The van der Waals surface area contributed by atoms with Crippen LogP contribution in [0.25, 0.3) is 11.0 Å². The van der Waals surface area contributed by atoms with E-state index in [0.717, 1.165) is 54.7 Å². The lowest BCUT2D eigenvalue weighted by molar-refractivity contribution is 0.103. The Morgan fingerprint density at radius 3 is 2.79 bits per heavy atom. The van der Waals surface area contributed by atoms with E-state index in [1.807, 2.05) is 18.3 Å². The lowest BCUT2D eigenvalue weighted by atomic mass is 9.82. The van der Waals surface area contributed by atoms with E-state index in [2.05, 4.69) is 21.9 Å². The van der Waals surface area contributed by atoms with Crippen molar-refractivity contribution in [1.29, 1.82) is 0 Å². The van der Waals surface area contributed by atoms with Crippen LogP contribution in [0, 0.1) is 5.92 Å². The summed E-state index contributed by atoms with van der Waals surface area (Å²) in [6.07, 6.45) is 6.49. The van der Waals surface area contributed by atoms with Gasteiger partial charge < -0.3 is 20.1 Å². The van der Waals surface area contributed by atoms with Crippen LogP contribution in [-0.2, 0) is 0 Å². The quantitative estimate of drug-likeness (QED) is 0.912. The van der Waals surface area contributed by atoms with Crippen molar-refractivity contribution in [3.8, 4) is 11.6 Å². The van der Waals surface area contributed by atoms with E-state index in [-0.39, 0.29) is 6.10 Å². The van der Waals surface area contributed by atoms with Crippen LogP contribution in [0.1, 0.15) is 25.7 Å². The summed E-state index contributed by atoms with van der Waals surface area (Å²) >= 11 is 0. The second-order valence-corrected chi connectivity index (χ2v) is 6.91. The van der Waals surface area contributed by atoms with Crippen LogP contribution in [-0.4, -0.2) is 42.8 Å². The Bertz CT molecular complexity index is 743. The number of likely N-dealkylation sites (N-methyl/N-ethyl adjacent to an activating group) is 1. The number of nitrogens with two attached hydrogens (primary N) is 1. The first-order valence-corrected chi connectivity index (χ1v) is 8.63. The fourth-order valence-electron chi connectivity index (χ4n) is 3.84. The van der Waals surface area contributed by atoms with Gasteiger partial charge in [-0.2, -0.15) is 0 Å². The predicted molar refractivity (Wildman–Crippen MR) is 93.7 cm³/mol. The Kier molecular flexibility index (Phi) is 3.92. The van der Waals surface area contributed by atoms with Crippen LogP contribution in [0.3, 0.4) is 0 Å². The summed E-state index contributed by atoms with van der Waals surface area (Å²) in [7, 11) is 3.72. The van der Waals surface area contributed by atoms with Crippen molar-refractivity contribution in [3.63, 3.8) is 0 Å². The summed E-state index contributed by atoms with van der Waals surface area (Å²) in [5, 5.41) is 0. The summed E-state index contributed by atoms with van der Waals surface area (Å²) in [6.45, 7) is 0.879. The fourth-order valence-corrected chi connectivity index (χ4v) is 3.84. The first kappa shape index (κ1) is 15.4. The van der Waals surface area contributed by atoms with Crippen molar-refractivity contribution in [1.82, 2.24) is 9.97 Å². The summed E-state index contributed by atoms with van der Waals surface area (Å²) in [4.78, 5) is 11.3. The normalized spacial score (nSPS) is 26.8. The number of fused-ring (bicyclic) bond motifs is 3. The largest absolute Gasteiger partial charge is 0.484 e. The molecule has 2 aromatic rings. The predicted octanol–water partition coefficient (Wildman–Crippen LogP) is 2.35. The molecule has 4 rings (SSSR count). The summed E-state index contributed by atoms with van der Waals surface area (Å²) in [5.74, 6) is 1.96. The Balaban J connectivity index is 1.70.